The van der Waals surface area contributed by atoms with Crippen LogP contribution in [0.2, 0.25) is 0 Å². The van der Waals surface area contributed by atoms with E-state index in [4.69, 9.17) is 0 Å². The van der Waals surface area contributed by atoms with Crippen LogP contribution in [0.5, 0.6) is 0 Å². The van der Waals surface area contributed by atoms with Crippen molar-refractivity contribution < 1.29 is 9.46 Å². The fourth-order valence-electron chi connectivity index (χ4n) is 1.68. The molecule has 0 aromatic carbocycles. The van der Waals surface area contributed by atoms with Crippen molar-refractivity contribution in [3.63, 3.8) is 0 Å². The number of hydrogen-bond acceptors (Lipinski definition) is 1. The van der Waals surface area contributed by atoms with E-state index in [2.05, 4.69) is 0 Å². The Kier molecular flexibility index (Phi) is 1.63. The first-order valence-electron chi connectivity index (χ1n) is 4.57. The highest BCUT2D eigenvalue weighted by molar-refractivity contribution is 7.53. The van der Waals surface area contributed by atoms with Gasteiger partial charge in [0.2, 0.25) is 0 Å². The summed E-state index contributed by atoms with van der Waals surface area (Å²) < 4.78 is 15.4. The van der Waals surface area contributed by atoms with Gasteiger partial charge in [0.15, 0.2) is 0 Å². The van der Waals surface area contributed by atoms with Crippen LogP contribution in [0.3, 0.4) is 0 Å². The first-order chi connectivity index (χ1) is 5.68. The third-order valence-corrected chi connectivity index (χ3v) is 5.52. The summed E-state index contributed by atoms with van der Waals surface area (Å²) in [6, 6.07) is 0. The molecule has 2 fully saturated rings. The molecule has 0 aromatic rings. The van der Waals surface area contributed by atoms with Crippen molar-refractivity contribution in [2.75, 3.05) is 13.1 Å². The van der Waals surface area contributed by atoms with E-state index >= 15 is 0 Å². The summed E-state index contributed by atoms with van der Waals surface area (Å²) in [6.07, 6.45) is 0. The highest BCUT2D eigenvalue weighted by Gasteiger charge is 2.63. The van der Waals surface area contributed by atoms with Crippen molar-refractivity contribution >= 4 is 7.67 Å². The standard InChI is InChI=1S/C8H17N2O2P/c1-7(2)5-9(7)13(11,12)10-6-8(10,3)4/h5-6H2,1-4H3,(H,11,12). The van der Waals surface area contributed by atoms with E-state index in [1.165, 1.54) is 0 Å². The molecule has 76 valence electrons. The Bertz CT molecular complexity index is 275. The van der Waals surface area contributed by atoms with Gasteiger partial charge in [0.1, 0.15) is 0 Å². The van der Waals surface area contributed by atoms with Crippen LogP contribution in [0.15, 0.2) is 0 Å². The van der Waals surface area contributed by atoms with Crippen LogP contribution in [-0.4, -0.2) is 38.4 Å². The van der Waals surface area contributed by atoms with Gasteiger partial charge in [0, 0.05) is 24.2 Å². The molecule has 0 bridgehead atoms. The lowest BCUT2D eigenvalue weighted by Gasteiger charge is -2.18. The van der Waals surface area contributed by atoms with Crippen LogP contribution in [0.1, 0.15) is 27.7 Å². The fourth-order valence-corrected chi connectivity index (χ4v) is 4.41. The summed E-state index contributed by atoms with van der Waals surface area (Å²) in [5.41, 5.74) is -0.161. The second-order valence-electron chi connectivity index (χ2n) is 5.25. The second-order valence-corrected chi connectivity index (χ2v) is 7.25. The average molecular weight is 204 g/mol. The maximum Gasteiger partial charge on any atom is 0.344 e. The van der Waals surface area contributed by atoms with Gasteiger partial charge in [-0.25, -0.2) is 9.34 Å². The van der Waals surface area contributed by atoms with Gasteiger partial charge in [0.25, 0.3) is 0 Å². The van der Waals surface area contributed by atoms with Gasteiger partial charge >= 0.3 is 7.67 Å². The Morgan fingerprint density at radius 2 is 1.31 bits per heavy atom. The zero-order chi connectivity index (χ0) is 10.1. The average Bonchev–Trinajstić information content (AvgIpc) is 2.71. The first-order valence-corrected chi connectivity index (χ1v) is 6.13. The lowest BCUT2D eigenvalue weighted by molar-refractivity contribution is 0.370. The predicted octanol–water partition coefficient (Wildman–Crippen LogP) is 1.28. The molecule has 2 atom stereocenters. The molecule has 2 aliphatic rings. The Morgan fingerprint density at radius 3 is 1.46 bits per heavy atom. The molecule has 2 unspecified atom stereocenters. The minimum absolute atomic E-state index is 0.0804. The smallest absolute Gasteiger partial charge is 0.322 e. The molecule has 2 saturated heterocycles. The van der Waals surface area contributed by atoms with E-state index in [9.17, 15) is 9.46 Å². The van der Waals surface area contributed by atoms with Gasteiger partial charge in [0.05, 0.1) is 0 Å². The van der Waals surface area contributed by atoms with Gasteiger partial charge in [-0.2, -0.15) is 0 Å². The van der Waals surface area contributed by atoms with Gasteiger partial charge in [-0.3, -0.25) is 4.57 Å². The van der Waals surface area contributed by atoms with E-state index in [1.54, 1.807) is 9.34 Å². The highest BCUT2D eigenvalue weighted by Crippen LogP contribution is 2.66. The van der Waals surface area contributed by atoms with Crippen molar-refractivity contribution in [3.8, 4) is 0 Å². The maximum atomic E-state index is 12.0. The van der Waals surface area contributed by atoms with Crippen LogP contribution in [0, 0.1) is 0 Å². The number of hydrogen-bond donors (Lipinski definition) is 1. The molecule has 2 heterocycles. The number of rotatable bonds is 2. The molecule has 0 saturated carbocycles. The monoisotopic (exact) mass is 204 g/mol. The zero-order valence-electron chi connectivity index (χ0n) is 8.61. The molecule has 1 N–H and O–H groups in total. The largest absolute Gasteiger partial charge is 0.344 e. The Morgan fingerprint density at radius 1 is 1.08 bits per heavy atom. The molecular formula is C8H17N2O2P. The van der Waals surface area contributed by atoms with Crippen LogP contribution >= 0.6 is 7.67 Å². The fraction of sp³-hybridized carbons (Fsp3) is 1.00. The van der Waals surface area contributed by atoms with Crippen LogP contribution in [0.25, 0.3) is 0 Å². The molecule has 2 aliphatic heterocycles. The normalized spacial score (nSPS) is 43.8. The summed E-state index contributed by atoms with van der Waals surface area (Å²) in [5.74, 6) is 0. The number of nitrogens with zero attached hydrogens (tertiary/aromatic N) is 2. The second kappa shape index (κ2) is 2.19. The van der Waals surface area contributed by atoms with Gasteiger partial charge in [-0.1, -0.05) is 0 Å². The molecule has 2 rings (SSSR count). The van der Waals surface area contributed by atoms with Gasteiger partial charge < -0.3 is 4.89 Å². The molecule has 0 amide bonds. The molecule has 4 nitrogen and oxygen atoms in total. The molecule has 0 spiro atoms. The molecule has 5 heteroatoms. The molecule has 13 heavy (non-hydrogen) atoms. The van der Waals surface area contributed by atoms with E-state index < -0.39 is 7.67 Å². The van der Waals surface area contributed by atoms with Gasteiger partial charge in [-0.15, -0.1) is 0 Å². The van der Waals surface area contributed by atoms with Crippen molar-refractivity contribution in [2.45, 2.75) is 38.8 Å². The highest BCUT2D eigenvalue weighted by atomic mass is 31.2. The quantitative estimate of drug-likeness (QED) is 0.543. The summed E-state index contributed by atoms with van der Waals surface area (Å²) in [6.45, 7) is 9.43. The Balaban J connectivity index is 2.12. The van der Waals surface area contributed by atoms with Crippen molar-refractivity contribution in [3.05, 3.63) is 0 Å². The lowest BCUT2D eigenvalue weighted by atomic mass is 10.2. The van der Waals surface area contributed by atoms with E-state index in [0.29, 0.717) is 0 Å². The summed E-state index contributed by atoms with van der Waals surface area (Å²) in [4.78, 5) is 9.87. The Labute approximate surface area is 79.1 Å². The third kappa shape index (κ3) is 1.37. The van der Waals surface area contributed by atoms with E-state index in [-0.39, 0.29) is 11.1 Å². The van der Waals surface area contributed by atoms with Crippen LogP contribution < -0.4 is 0 Å². The first kappa shape index (κ1) is 9.66. The van der Waals surface area contributed by atoms with Crippen LogP contribution in [-0.2, 0) is 4.57 Å². The molecular weight excluding hydrogens is 187 g/mol. The van der Waals surface area contributed by atoms with E-state index in [0.717, 1.165) is 13.1 Å². The minimum Gasteiger partial charge on any atom is -0.322 e. The lowest BCUT2D eigenvalue weighted by Crippen LogP contribution is -2.15. The van der Waals surface area contributed by atoms with Crippen LogP contribution in [0.4, 0.5) is 0 Å². The molecule has 0 aromatic heterocycles. The topological polar surface area (TPSA) is 43.3 Å². The van der Waals surface area contributed by atoms with Crippen molar-refractivity contribution in [1.29, 1.82) is 0 Å². The van der Waals surface area contributed by atoms with E-state index in [1.807, 2.05) is 27.7 Å². The molecule has 0 aliphatic carbocycles. The van der Waals surface area contributed by atoms with Crippen molar-refractivity contribution in [2.24, 2.45) is 0 Å². The third-order valence-electron chi connectivity index (χ3n) is 2.89. The predicted molar refractivity (Wildman–Crippen MR) is 51.4 cm³/mol. The Hall–Kier alpha value is 0.110. The summed E-state index contributed by atoms with van der Waals surface area (Å²) >= 11 is 0. The molecule has 0 radical (unpaired) electrons. The zero-order valence-corrected chi connectivity index (χ0v) is 9.51. The summed E-state index contributed by atoms with van der Waals surface area (Å²) in [7, 11) is -3.19. The van der Waals surface area contributed by atoms with Crippen molar-refractivity contribution in [1.82, 2.24) is 9.34 Å². The minimum atomic E-state index is -3.19. The SMILES string of the molecule is CC1(C)CN1P(=O)(O)N1CC1(C)C. The summed E-state index contributed by atoms with van der Waals surface area (Å²) in [5, 5.41) is 0. The van der Waals surface area contributed by atoms with Gasteiger partial charge in [-0.05, 0) is 27.7 Å². The maximum absolute atomic E-state index is 12.0.